The van der Waals surface area contributed by atoms with E-state index >= 15 is 0 Å². The fourth-order valence-corrected chi connectivity index (χ4v) is 4.82. The molecule has 0 aromatic heterocycles. The molecule has 12 heteroatoms. The molecule has 1 unspecified atom stereocenters. The van der Waals surface area contributed by atoms with Gasteiger partial charge in [0.2, 0.25) is 0 Å². The predicted molar refractivity (Wildman–Crippen MR) is 123 cm³/mol. The molecule has 0 spiro atoms. The Bertz CT molecular complexity index is 1030. The molecule has 1 atom stereocenters. The molecular formula is C22H30F3N5O3S. The molecule has 0 radical (unpaired) electrons. The first-order valence-electron chi connectivity index (χ1n) is 11.2. The SMILES string of the molecule is CC(N[C@H]1CC[C@H](N/C=C(\C(=N)Nc2ccc(S(=O)(=O)C(F)(F)F)cc2)C(N)=O)CC1)C1CC1. The summed E-state index contributed by atoms with van der Waals surface area (Å²) in [7, 11) is -5.47. The second-order valence-corrected chi connectivity index (χ2v) is 10.8. The number of rotatable bonds is 9. The standard InChI is InChI=1S/C22H30F3N5O3S/c1-13(14-2-3-14)29-16-6-4-15(5-7-16)28-12-19(21(27)31)20(26)30-17-8-10-18(11-9-17)34(32,33)22(23,24)25/h8-16,28-29H,2-7H2,1H3,(H2,26,30)(H2,27,31)/b19-12+/t13?,15-,16-. The van der Waals surface area contributed by atoms with Crippen LogP contribution in [0.25, 0.3) is 0 Å². The minimum atomic E-state index is -5.47. The van der Waals surface area contributed by atoms with Gasteiger partial charge in [-0.15, -0.1) is 0 Å². The Morgan fingerprint density at radius 3 is 2.15 bits per heavy atom. The molecule has 2 saturated carbocycles. The highest BCUT2D eigenvalue weighted by Gasteiger charge is 2.46. The Morgan fingerprint density at radius 1 is 1.09 bits per heavy atom. The zero-order valence-corrected chi connectivity index (χ0v) is 19.6. The summed E-state index contributed by atoms with van der Waals surface area (Å²) < 4.78 is 60.9. The van der Waals surface area contributed by atoms with Crippen LogP contribution in [0.4, 0.5) is 18.9 Å². The van der Waals surface area contributed by atoms with E-state index in [0.717, 1.165) is 55.9 Å². The summed E-state index contributed by atoms with van der Waals surface area (Å²) in [5, 5.41) is 17.5. The molecule has 2 aliphatic rings. The van der Waals surface area contributed by atoms with Gasteiger partial charge < -0.3 is 21.7 Å². The quantitative estimate of drug-likeness (QED) is 0.200. The summed E-state index contributed by atoms with van der Waals surface area (Å²) in [6.45, 7) is 2.23. The lowest BCUT2D eigenvalue weighted by Gasteiger charge is -2.31. The van der Waals surface area contributed by atoms with Crippen molar-refractivity contribution in [2.45, 2.75) is 74.0 Å². The molecule has 2 aliphatic carbocycles. The van der Waals surface area contributed by atoms with Crippen LogP contribution in [0, 0.1) is 11.3 Å². The molecule has 1 amide bonds. The summed E-state index contributed by atoms with van der Waals surface area (Å²) in [5.74, 6) is -0.421. The summed E-state index contributed by atoms with van der Waals surface area (Å²) in [5.41, 5.74) is -0.00126. The van der Waals surface area contributed by atoms with Crippen LogP contribution in [0.2, 0.25) is 0 Å². The van der Waals surface area contributed by atoms with E-state index in [1.54, 1.807) is 0 Å². The predicted octanol–water partition coefficient (Wildman–Crippen LogP) is 3.03. The number of carbonyl (C=O) groups excluding carboxylic acids is 1. The number of nitrogens with two attached hydrogens (primary N) is 1. The van der Waals surface area contributed by atoms with Crippen LogP contribution >= 0.6 is 0 Å². The second-order valence-electron chi connectivity index (χ2n) is 8.90. The van der Waals surface area contributed by atoms with Gasteiger partial charge in [-0.25, -0.2) is 8.42 Å². The number of sulfone groups is 1. The second kappa shape index (κ2) is 10.3. The number of nitrogens with one attached hydrogen (secondary N) is 4. The van der Waals surface area contributed by atoms with Gasteiger partial charge in [-0.05, 0) is 75.6 Å². The highest BCUT2D eigenvalue weighted by molar-refractivity contribution is 7.92. The van der Waals surface area contributed by atoms with Crippen LogP contribution in [0.5, 0.6) is 0 Å². The van der Waals surface area contributed by atoms with Crippen LogP contribution in [-0.4, -0.2) is 43.8 Å². The van der Waals surface area contributed by atoms with Gasteiger partial charge in [-0.2, -0.15) is 13.2 Å². The first-order chi connectivity index (χ1) is 15.9. The third-order valence-corrected chi connectivity index (χ3v) is 7.79. The Labute approximate surface area is 197 Å². The smallest absolute Gasteiger partial charge is 0.387 e. The zero-order valence-electron chi connectivity index (χ0n) is 18.8. The Balaban J connectivity index is 1.55. The van der Waals surface area contributed by atoms with Gasteiger partial charge in [0, 0.05) is 30.0 Å². The fourth-order valence-electron chi connectivity index (χ4n) is 4.06. The molecule has 2 fully saturated rings. The van der Waals surface area contributed by atoms with Gasteiger partial charge in [0.1, 0.15) is 5.84 Å². The van der Waals surface area contributed by atoms with Gasteiger partial charge in [0.25, 0.3) is 15.7 Å². The first kappa shape index (κ1) is 26.0. The lowest BCUT2D eigenvalue weighted by Crippen LogP contribution is -2.43. The van der Waals surface area contributed by atoms with Crippen molar-refractivity contribution < 1.29 is 26.4 Å². The number of carbonyl (C=O) groups is 1. The minimum absolute atomic E-state index is 0.128. The van der Waals surface area contributed by atoms with Crippen LogP contribution in [0.3, 0.4) is 0 Å². The van der Waals surface area contributed by atoms with Gasteiger partial charge in [-0.1, -0.05) is 0 Å². The Morgan fingerprint density at radius 2 is 1.65 bits per heavy atom. The van der Waals surface area contributed by atoms with E-state index in [2.05, 4.69) is 22.9 Å². The number of amides is 1. The maximum absolute atomic E-state index is 12.7. The van der Waals surface area contributed by atoms with Crippen molar-refractivity contribution in [3.8, 4) is 0 Å². The van der Waals surface area contributed by atoms with E-state index in [1.807, 2.05) is 0 Å². The summed E-state index contributed by atoms with van der Waals surface area (Å²) >= 11 is 0. The van der Waals surface area contributed by atoms with Crippen LogP contribution in [0.15, 0.2) is 40.9 Å². The molecular weight excluding hydrogens is 471 g/mol. The monoisotopic (exact) mass is 501 g/mol. The molecule has 3 rings (SSSR count). The summed E-state index contributed by atoms with van der Waals surface area (Å²) in [6, 6.07) is 4.85. The number of primary amides is 1. The van der Waals surface area contributed by atoms with Gasteiger partial charge in [0.15, 0.2) is 0 Å². The molecule has 188 valence electrons. The van der Waals surface area contributed by atoms with Crippen molar-refractivity contribution in [1.29, 1.82) is 5.41 Å². The van der Waals surface area contributed by atoms with Gasteiger partial charge in [-0.3, -0.25) is 10.2 Å². The van der Waals surface area contributed by atoms with Crippen molar-refractivity contribution in [3.63, 3.8) is 0 Å². The van der Waals surface area contributed by atoms with E-state index in [9.17, 15) is 26.4 Å². The van der Waals surface area contributed by atoms with E-state index in [0.29, 0.717) is 12.1 Å². The van der Waals surface area contributed by atoms with E-state index in [1.165, 1.54) is 19.0 Å². The largest absolute Gasteiger partial charge is 0.501 e. The van der Waals surface area contributed by atoms with Crippen molar-refractivity contribution in [2.24, 2.45) is 11.7 Å². The van der Waals surface area contributed by atoms with Crippen LogP contribution in [0.1, 0.15) is 45.4 Å². The van der Waals surface area contributed by atoms with Gasteiger partial charge >= 0.3 is 5.51 Å². The van der Waals surface area contributed by atoms with Crippen molar-refractivity contribution >= 4 is 27.3 Å². The van der Waals surface area contributed by atoms with Crippen LogP contribution < -0.4 is 21.7 Å². The normalized spacial score (nSPS) is 22.6. The zero-order chi connectivity index (χ0) is 25.1. The van der Waals surface area contributed by atoms with Crippen molar-refractivity contribution in [1.82, 2.24) is 10.6 Å². The van der Waals surface area contributed by atoms with E-state index < -0.39 is 26.1 Å². The molecule has 8 nitrogen and oxygen atoms in total. The Hall–Kier alpha value is -2.60. The molecule has 0 saturated heterocycles. The fraction of sp³-hybridized carbons (Fsp3) is 0.545. The number of alkyl halides is 3. The topological polar surface area (TPSA) is 137 Å². The summed E-state index contributed by atoms with van der Waals surface area (Å²) in [4.78, 5) is 10.9. The van der Waals surface area contributed by atoms with E-state index in [4.69, 9.17) is 11.1 Å². The highest BCUT2D eigenvalue weighted by Crippen LogP contribution is 2.33. The number of benzene rings is 1. The minimum Gasteiger partial charge on any atom is -0.387 e. The maximum Gasteiger partial charge on any atom is 0.501 e. The number of halogens is 3. The number of hydrogen-bond donors (Lipinski definition) is 5. The molecule has 0 heterocycles. The highest BCUT2D eigenvalue weighted by atomic mass is 32.2. The molecule has 6 N–H and O–H groups in total. The number of amidine groups is 1. The van der Waals surface area contributed by atoms with Gasteiger partial charge in [0.05, 0.1) is 10.5 Å². The average Bonchev–Trinajstić information content (AvgIpc) is 3.60. The lowest BCUT2D eigenvalue weighted by atomic mass is 9.90. The third-order valence-electron chi connectivity index (χ3n) is 6.29. The third kappa shape index (κ3) is 6.50. The molecule has 1 aromatic carbocycles. The molecule has 0 aliphatic heterocycles. The number of anilines is 1. The Kier molecular flexibility index (Phi) is 7.91. The molecule has 34 heavy (non-hydrogen) atoms. The van der Waals surface area contributed by atoms with Crippen LogP contribution in [-0.2, 0) is 14.6 Å². The van der Waals surface area contributed by atoms with Crippen molar-refractivity contribution in [3.05, 3.63) is 36.0 Å². The molecule has 0 bridgehead atoms. The lowest BCUT2D eigenvalue weighted by molar-refractivity contribution is -0.114. The van der Waals surface area contributed by atoms with Crippen molar-refractivity contribution in [2.75, 3.05) is 5.32 Å². The average molecular weight is 502 g/mol. The summed E-state index contributed by atoms with van der Waals surface area (Å²) in [6.07, 6.45) is 7.76. The first-order valence-corrected chi connectivity index (χ1v) is 12.7. The number of hydrogen-bond acceptors (Lipinski definition) is 6. The van der Waals surface area contributed by atoms with E-state index in [-0.39, 0.29) is 23.1 Å². The molecule has 1 aromatic rings. The maximum atomic E-state index is 12.7.